The fourth-order valence-corrected chi connectivity index (χ4v) is 2.53. The van der Waals surface area contributed by atoms with Gasteiger partial charge in [0.05, 0.1) is 0 Å². The Morgan fingerprint density at radius 2 is 1.86 bits per heavy atom. The average molecular weight is 382 g/mol. The lowest BCUT2D eigenvalue weighted by Gasteiger charge is -2.07. The summed E-state index contributed by atoms with van der Waals surface area (Å²) in [5.74, 6) is 0.0112. The molecule has 2 rings (SSSR count). The molecule has 0 saturated carbocycles. The zero-order valence-corrected chi connectivity index (χ0v) is 14.5. The summed E-state index contributed by atoms with van der Waals surface area (Å²) >= 11 is 9.22. The highest BCUT2D eigenvalue weighted by Crippen LogP contribution is 2.15. The summed E-state index contributed by atoms with van der Waals surface area (Å²) in [5.41, 5.74) is 2.04. The summed E-state index contributed by atoms with van der Waals surface area (Å²) in [5, 5.41) is 6.90. The Balaban J connectivity index is 1.62. The lowest BCUT2D eigenvalue weighted by atomic mass is 10.1. The highest BCUT2D eigenvalue weighted by Gasteiger charge is 2.02. The SMILES string of the molecule is O=C(CCNCCc1ccc(Cl)cc1)Nc1cccc(Br)c1. The predicted molar refractivity (Wildman–Crippen MR) is 95.4 cm³/mol. The van der Waals surface area contributed by atoms with Crippen LogP contribution in [0.1, 0.15) is 12.0 Å². The highest BCUT2D eigenvalue weighted by molar-refractivity contribution is 9.10. The lowest BCUT2D eigenvalue weighted by Crippen LogP contribution is -2.23. The summed E-state index contributed by atoms with van der Waals surface area (Å²) in [4.78, 5) is 11.8. The number of rotatable bonds is 7. The van der Waals surface area contributed by atoms with E-state index < -0.39 is 0 Å². The Morgan fingerprint density at radius 1 is 1.09 bits per heavy atom. The van der Waals surface area contributed by atoms with Crippen LogP contribution in [0.15, 0.2) is 53.0 Å². The number of nitrogens with one attached hydrogen (secondary N) is 2. The van der Waals surface area contributed by atoms with Gasteiger partial charge < -0.3 is 10.6 Å². The quantitative estimate of drug-likeness (QED) is 0.704. The molecule has 1 amide bonds. The molecule has 22 heavy (non-hydrogen) atoms. The van der Waals surface area contributed by atoms with Crippen LogP contribution in [0.2, 0.25) is 5.02 Å². The van der Waals surface area contributed by atoms with Gasteiger partial charge in [-0.05, 0) is 48.9 Å². The molecule has 0 heterocycles. The molecule has 0 aliphatic rings. The van der Waals surface area contributed by atoms with Crippen LogP contribution in [-0.4, -0.2) is 19.0 Å². The van der Waals surface area contributed by atoms with Gasteiger partial charge in [-0.15, -0.1) is 0 Å². The third-order valence-electron chi connectivity index (χ3n) is 3.14. The smallest absolute Gasteiger partial charge is 0.225 e. The monoisotopic (exact) mass is 380 g/mol. The van der Waals surface area contributed by atoms with E-state index in [0.717, 1.165) is 28.1 Å². The number of carbonyl (C=O) groups is 1. The van der Waals surface area contributed by atoms with Crippen LogP contribution in [0, 0.1) is 0 Å². The summed E-state index contributed by atoms with van der Waals surface area (Å²) in [6.07, 6.45) is 1.37. The van der Waals surface area contributed by atoms with E-state index in [1.807, 2.05) is 48.5 Å². The third kappa shape index (κ3) is 6.18. The second-order valence-corrected chi connectivity index (χ2v) is 6.29. The molecule has 0 fully saturated rings. The van der Waals surface area contributed by atoms with Gasteiger partial charge in [-0.2, -0.15) is 0 Å². The maximum absolute atomic E-state index is 11.8. The van der Waals surface area contributed by atoms with Crippen LogP contribution in [0.5, 0.6) is 0 Å². The molecule has 2 aromatic rings. The van der Waals surface area contributed by atoms with Gasteiger partial charge in [0.25, 0.3) is 0 Å². The molecule has 0 aliphatic carbocycles. The predicted octanol–water partition coefficient (Wildman–Crippen LogP) is 4.26. The lowest BCUT2D eigenvalue weighted by molar-refractivity contribution is -0.116. The van der Waals surface area contributed by atoms with Crippen LogP contribution in [0.4, 0.5) is 5.69 Å². The van der Waals surface area contributed by atoms with Crippen LogP contribution in [-0.2, 0) is 11.2 Å². The van der Waals surface area contributed by atoms with Crippen LogP contribution < -0.4 is 10.6 Å². The van der Waals surface area contributed by atoms with E-state index in [4.69, 9.17) is 11.6 Å². The van der Waals surface area contributed by atoms with Crippen molar-refractivity contribution in [2.24, 2.45) is 0 Å². The van der Waals surface area contributed by atoms with Gasteiger partial charge in [0.2, 0.25) is 5.91 Å². The average Bonchev–Trinajstić information content (AvgIpc) is 2.49. The molecule has 116 valence electrons. The highest BCUT2D eigenvalue weighted by atomic mass is 79.9. The van der Waals surface area contributed by atoms with Gasteiger partial charge in [-0.1, -0.05) is 45.7 Å². The number of benzene rings is 2. The first-order chi connectivity index (χ1) is 10.6. The van der Waals surface area contributed by atoms with Gasteiger partial charge >= 0.3 is 0 Å². The first-order valence-corrected chi connectivity index (χ1v) is 8.31. The van der Waals surface area contributed by atoms with Gasteiger partial charge in [0.1, 0.15) is 0 Å². The zero-order valence-electron chi connectivity index (χ0n) is 12.1. The minimum Gasteiger partial charge on any atom is -0.326 e. The van der Waals surface area contributed by atoms with Crippen molar-refractivity contribution in [2.75, 3.05) is 18.4 Å². The normalized spacial score (nSPS) is 10.5. The maximum Gasteiger partial charge on any atom is 0.225 e. The molecule has 2 aromatic carbocycles. The van der Waals surface area contributed by atoms with Gasteiger partial charge in [-0.3, -0.25) is 4.79 Å². The minimum atomic E-state index is 0.0112. The first kappa shape index (κ1) is 17.0. The van der Waals surface area contributed by atoms with Crippen molar-refractivity contribution in [3.05, 3.63) is 63.6 Å². The molecule has 0 spiro atoms. The Morgan fingerprint density at radius 3 is 2.59 bits per heavy atom. The van der Waals surface area contributed by atoms with E-state index in [9.17, 15) is 4.79 Å². The molecule has 3 nitrogen and oxygen atoms in total. The molecule has 0 saturated heterocycles. The number of amides is 1. The van der Waals surface area contributed by atoms with Crippen molar-refractivity contribution in [3.8, 4) is 0 Å². The Hall–Kier alpha value is -1.36. The van der Waals surface area contributed by atoms with Crippen molar-refractivity contribution < 1.29 is 4.79 Å². The second kappa shape index (κ2) is 8.93. The molecule has 0 aliphatic heterocycles. The fraction of sp³-hybridized carbons (Fsp3) is 0.235. The van der Waals surface area contributed by atoms with Gasteiger partial charge in [-0.25, -0.2) is 0 Å². The van der Waals surface area contributed by atoms with Crippen molar-refractivity contribution in [2.45, 2.75) is 12.8 Å². The van der Waals surface area contributed by atoms with Crippen molar-refractivity contribution >= 4 is 39.1 Å². The van der Waals surface area contributed by atoms with E-state index in [1.165, 1.54) is 5.56 Å². The van der Waals surface area contributed by atoms with Gasteiger partial charge in [0.15, 0.2) is 0 Å². The minimum absolute atomic E-state index is 0.0112. The Labute approximate surface area is 144 Å². The summed E-state index contributed by atoms with van der Waals surface area (Å²) < 4.78 is 0.950. The molecule has 0 aromatic heterocycles. The van der Waals surface area contributed by atoms with E-state index in [0.29, 0.717) is 13.0 Å². The van der Waals surface area contributed by atoms with Crippen LogP contribution in [0.3, 0.4) is 0 Å². The second-order valence-electron chi connectivity index (χ2n) is 4.93. The van der Waals surface area contributed by atoms with Crippen LogP contribution in [0.25, 0.3) is 0 Å². The van der Waals surface area contributed by atoms with Crippen molar-refractivity contribution in [3.63, 3.8) is 0 Å². The molecular formula is C17H18BrClN2O. The number of halogens is 2. The number of carbonyl (C=O) groups excluding carboxylic acids is 1. The van der Waals surface area contributed by atoms with E-state index in [-0.39, 0.29) is 5.91 Å². The molecule has 0 atom stereocenters. The van der Waals surface area contributed by atoms with E-state index in [2.05, 4.69) is 26.6 Å². The summed E-state index contributed by atoms with van der Waals surface area (Å²) in [6, 6.07) is 15.4. The molecule has 2 N–H and O–H groups in total. The standard InChI is InChI=1S/C17H18BrClN2O/c18-14-2-1-3-16(12-14)21-17(22)9-11-20-10-8-13-4-6-15(19)7-5-13/h1-7,12,20H,8-11H2,(H,21,22). The van der Waals surface area contributed by atoms with E-state index in [1.54, 1.807) is 0 Å². The Bertz CT molecular complexity index is 616. The number of hydrogen-bond acceptors (Lipinski definition) is 2. The van der Waals surface area contributed by atoms with Crippen molar-refractivity contribution in [1.29, 1.82) is 0 Å². The molecular weight excluding hydrogens is 364 g/mol. The largest absolute Gasteiger partial charge is 0.326 e. The summed E-state index contributed by atoms with van der Waals surface area (Å²) in [7, 11) is 0. The Kier molecular flexibility index (Phi) is 6.90. The zero-order chi connectivity index (χ0) is 15.8. The number of hydrogen-bond donors (Lipinski definition) is 2. The summed E-state index contributed by atoms with van der Waals surface area (Å²) in [6.45, 7) is 1.50. The third-order valence-corrected chi connectivity index (χ3v) is 3.89. The molecule has 0 radical (unpaired) electrons. The maximum atomic E-state index is 11.8. The van der Waals surface area contributed by atoms with Crippen LogP contribution >= 0.6 is 27.5 Å². The van der Waals surface area contributed by atoms with Gasteiger partial charge in [0, 0.05) is 28.1 Å². The molecule has 0 bridgehead atoms. The topological polar surface area (TPSA) is 41.1 Å². The first-order valence-electron chi connectivity index (χ1n) is 7.14. The van der Waals surface area contributed by atoms with E-state index >= 15 is 0 Å². The molecule has 0 unspecified atom stereocenters. The fourth-order valence-electron chi connectivity index (χ4n) is 2.00. The molecule has 5 heteroatoms. The number of anilines is 1. The van der Waals surface area contributed by atoms with Crippen molar-refractivity contribution in [1.82, 2.24) is 5.32 Å².